The summed E-state index contributed by atoms with van der Waals surface area (Å²) >= 11 is 0. The summed E-state index contributed by atoms with van der Waals surface area (Å²) < 4.78 is 0. The molecule has 0 radical (unpaired) electrons. The van der Waals surface area contributed by atoms with Gasteiger partial charge in [-0.15, -0.1) is 0 Å². The molecule has 0 N–H and O–H groups in total. The molecule has 1 aromatic carbocycles. The van der Waals surface area contributed by atoms with Crippen LogP contribution in [0.2, 0.25) is 0 Å². The van der Waals surface area contributed by atoms with Crippen LogP contribution in [0.1, 0.15) is 36.8 Å². The zero-order valence-electron chi connectivity index (χ0n) is 16.8. The second kappa shape index (κ2) is 7.57. The molecule has 2 unspecified atom stereocenters. The van der Waals surface area contributed by atoms with Gasteiger partial charge in [0.1, 0.15) is 6.54 Å². The molecule has 1 saturated carbocycles. The summed E-state index contributed by atoms with van der Waals surface area (Å²) in [5, 5.41) is 0. The van der Waals surface area contributed by atoms with Crippen LogP contribution in [0.15, 0.2) is 18.2 Å². The summed E-state index contributed by atoms with van der Waals surface area (Å²) in [6.07, 6.45) is 3.58. The van der Waals surface area contributed by atoms with Crippen LogP contribution in [0.25, 0.3) is 0 Å². The Morgan fingerprint density at radius 1 is 0.964 bits per heavy atom. The Hall–Kier alpha value is -2.37. The summed E-state index contributed by atoms with van der Waals surface area (Å²) in [4.78, 5) is 43.3. The fourth-order valence-electron chi connectivity index (χ4n) is 4.90. The third-order valence-corrected chi connectivity index (χ3v) is 6.77. The van der Waals surface area contributed by atoms with E-state index < -0.39 is 0 Å². The van der Waals surface area contributed by atoms with Crippen molar-refractivity contribution in [3.8, 4) is 0 Å². The van der Waals surface area contributed by atoms with Gasteiger partial charge in [-0.05, 0) is 43.9 Å². The highest BCUT2D eigenvalue weighted by atomic mass is 16.2. The van der Waals surface area contributed by atoms with E-state index >= 15 is 0 Å². The number of anilines is 1. The molecule has 3 fully saturated rings. The highest BCUT2D eigenvalue weighted by Crippen LogP contribution is 2.38. The molecular formula is C22H29N3O3. The normalized spacial score (nSPS) is 25.3. The molecule has 2 aliphatic heterocycles. The van der Waals surface area contributed by atoms with E-state index in [1.165, 1.54) is 21.7 Å². The number of aryl methyl sites for hydroxylation is 1. The topological polar surface area (TPSA) is 60.9 Å². The van der Waals surface area contributed by atoms with Gasteiger partial charge in [-0.2, -0.15) is 0 Å². The number of fused-ring (bicyclic) bond motifs is 1. The fourth-order valence-corrected chi connectivity index (χ4v) is 4.90. The molecule has 1 aliphatic carbocycles. The molecule has 2 atom stereocenters. The smallest absolute Gasteiger partial charge is 0.242 e. The average molecular weight is 383 g/mol. The summed E-state index contributed by atoms with van der Waals surface area (Å²) in [7, 11) is 0. The summed E-state index contributed by atoms with van der Waals surface area (Å²) in [5.74, 6) is -0.736. The van der Waals surface area contributed by atoms with Gasteiger partial charge in [0, 0.05) is 31.9 Å². The first-order chi connectivity index (χ1) is 13.5. The molecule has 150 valence electrons. The number of hydrogen-bond acceptors (Lipinski definition) is 4. The third kappa shape index (κ3) is 3.29. The predicted molar refractivity (Wildman–Crippen MR) is 107 cm³/mol. The van der Waals surface area contributed by atoms with Gasteiger partial charge in [0.05, 0.1) is 11.8 Å². The Morgan fingerprint density at radius 3 is 2.18 bits per heavy atom. The van der Waals surface area contributed by atoms with E-state index in [0.29, 0.717) is 13.1 Å². The Morgan fingerprint density at radius 2 is 1.57 bits per heavy atom. The predicted octanol–water partition coefficient (Wildman–Crippen LogP) is 2.13. The molecule has 28 heavy (non-hydrogen) atoms. The molecule has 3 aliphatic rings. The SMILES string of the molecule is Cc1cccc(N2CCN(C(=O)CN3C(=O)C4CCCCC4C3=O)CC2)c1C. The number of carbonyl (C=O) groups is 3. The zero-order valence-corrected chi connectivity index (χ0v) is 16.8. The van der Waals surface area contributed by atoms with E-state index in [1.807, 2.05) is 0 Å². The maximum absolute atomic E-state index is 12.8. The van der Waals surface area contributed by atoms with Crippen molar-refractivity contribution in [3.63, 3.8) is 0 Å². The minimum Gasteiger partial charge on any atom is -0.368 e. The number of amides is 3. The average Bonchev–Trinajstić information content (AvgIpc) is 2.95. The number of imide groups is 1. The van der Waals surface area contributed by atoms with Crippen LogP contribution in [0, 0.1) is 25.7 Å². The van der Waals surface area contributed by atoms with E-state index in [2.05, 4.69) is 36.9 Å². The standard InChI is InChI=1S/C22H29N3O3/c1-15-6-5-9-19(16(15)2)23-10-12-24(13-11-23)20(26)14-25-21(27)17-7-3-4-8-18(17)22(25)28/h5-6,9,17-18H,3-4,7-8,10-14H2,1-2H3. The van der Waals surface area contributed by atoms with Gasteiger partial charge in [0.15, 0.2) is 0 Å². The van der Waals surface area contributed by atoms with Crippen molar-refractivity contribution in [2.24, 2.45) is 11.8 Å². The Balaban J connectivity index is 1.36. The number of piperazine rings is 1. The van der Waals surface area contributed by atoms with Crippen LogP contribution in [0.5, 0.6) is 0 Å². The van der Waals surface area contributed by atoms with Crippen molar-refractivity contribution in [3.05, 3.63) is 29.3 Å². The summed E-state index contributed by atoms with van der Waals surface area (Å²) in [6, 6.07) is 6.31. The minimum absolute atomic E-state index is 0.0891. The molecular weight excluding hydrogens is 354 g/mol. The number of rotatable bonds is 3. The first kappa shape index (κ1) is 19.0. The number of hydrogen-bond donors (Lipinski definition) is 0. The summed E-state index contributed by atoms with van der Waals surface area (Å²) in [6.45, 7) is 6.93. The zero-order chi connectivity index (χ0) is 19.8. The van der Waals surface area contributed by atoms with Crippen LogP contribution < -0.4 is 4.90 Å². The van der Waals surface area contributed by atoms with Crippen molar-refractivity contribution in [2.75, 3.05) is 37.6 Å². The second-order valence-electron chi connectivity index (χ2n) is 8.35. The van der Waals surface area contributed by atoms with E-state index in [4.69, 9.17) is 0 Å². The van der Waals surface area contributed by atoms with Crippen molar-refractivity contribution in [1.82, 2.24) is 9.80 Å². The van der Waals surface area contributed by atoms with Crippen LogP contribution >= 0.6 is 0 Å². The van der Waals surface area contributed by atoms with Crippen molar-refractivity contribution in [1.29, 1.82) is 0 Å². The van der Waals surface area contributed by atoms with E-state index in [-0.39, 0.29) is 36.1 Å². The molecule has 0 spiro atoms. The third-order valence-electron chi connectivity index (χ3n) is 6.77. The van der Waals surface area contributed by atoms with Gasteiger partial charge < -0.3 is 9.80 Å². The van der Waals surface area contributed by atoms with Gasteiger partial charge in [-0.3, -0.25) is 19.3 Å². The van der Waals surface area contributed by atoms with Gasteiger partial charge in [-0.25, -0.2) is 0 Å². The summed E-state index contributed by atoms with van der Waals surface area (Å²) in [5.41, 5.74) is 3.77. The highest BCUT2D eigenvalue weighted by Gasteiger charge is 2.48. The van der Waals surface area contributed by atoms with Crippen LogP contribution in [0.4, 0.5) is 5.69 Å². The Kier molecular flexibility index (Phi) is 5.13. The van der Waals surface area contributed by atoms with Crippen LogP contribution in [-0.4, -0.2) is 60.2 Å². The van der Waals surface area contributed by atoms with E-state index in [1.54, 1.807) is 4.90 Å². The molecule has 6 heteroatoms. The van der Waals surface area contributed by atoms with Crippen molar-refractivity contribution in [2.45, 2.75) is 39.5 Å². The lowest BCUT2D eigenvalue weighted by atomic mass is 9.81. The van der Waals surface area contributed by atoms with Gasteiger partial charge in [-0.1, -0.05) is 25.0 Å². The quantitative estimate of drug-likeness (QED) is 0.751. The number of nitrogens with zero attached hydrogens (tertiary/aromatic N) is 3. The van der Waals surface area contributed by atoms with Crippen LogP contribution in [0.3, 0.4) is 0 Å². The number of benzene rings is 1. The van der Waals surface area contributed by atoms with E-state index in [9.17, 15) is 14.4 Å². The first-order valence-electron chi connectivity index (χ1n) is 10.4. The van der Waals surface area contributed by atoms with Gasteiger partial charge in [0.25, 0.3) is 0 Å². The fraction of sp³-hybridized carbons (Fsp3) is 0.591. The van der Waals surface area contributed by atoms with Gasteiger partial charge >= 0.3 is 0 Å². The minimum atomic E-state index is -0.185. The molecule has 0 aromatic heterocycles. The maximum Gasteiger partial charge on any atom is 0.242 e. The molecule has 6 nitrogen and oxygen atoms in total. The molecule has 3 amide bonds. The molecule has 1 aromatic rings. The molecule has 0 bridgehead atoms. The van der Waals surface area contributed by atoms with Gasteiger partial charge in [0.2, 0.25) is 17.7 Å². The maximum atomic E-state index is 12.8. The number of likely N-dealkylation sites (tertiary alicyclic amines) is 1. The lowest BCUT2D eigenvalue weighted by Gasteiger charge is -2.37. The molecule has 2 heterocycles. The largest absolute Gasteiger partial charge is 0.368 e. The lowest BCUT2D eigenvalue weighted by molar-refractivity contribution is -0.146. The van der Waals surface area contributed by atoms with E-state index in [0.717, 1.165) is 38.8 Å². The second-order valence-corrected chi connectivity index (χ2v) is 8.35. The lowest BCUT2D eigenvalue weighted by Crippen LogP contribution is -2.52. The Labute approximate surface area is 166 Å². The Bertz CT molecular complexity index is 774. The van der Waals surface area contributed by atoms with Crippen molar-refractivity contribution < 1.29 is 14.4 Å². The molecule has 4 rings (SSSR count). The van der Waals surface area contributed by atoms with Crippen LogP contribution in [-0.2, 0) is 14.4 Å². The molecule has 2 saturated heterocycles. The number of carbonyl (C=O) groups excluding carboxylic acids is 3. The first-order valence-corrected chi connectivity index (χ1v) is 10.4. The highest BCUT2D eigenvalue weighted by molar-refractivity contribution is 6.07. The van der Waals surface area contributed by atoms with Crippen molar-refractivity contribution >= 4 is 23.4 Å². The monoisotopic (exact) mass is 383 g/mol.